The lowest BCUT2D eigenvalue weighted by molar-refractivity contribution is 0.00578. The van der Waals surface area contributed by atoms with Crippen molar-refractivity contribution in [3.63, 3.8) is 0 Å². The van der Waals surface area contributed by atoms with E-state index in [0.717, 1.165) is 0 Å². The molecule has 1 aliphatic rings. The van der Waals surface area contributed by atoms with E-state index in [4.69, 9.17) is 18.2 Å². The molecule has 1 aromatic rings. The summed E-state index contributed by atoms with van der Waals surface area (Å²) in [4.78, 5) is 0. The Bertz CT molecular complexity index is 655. The summed E-state index contributed by atoms with van der Waals surface area (Å²) >= 11 is 0. The zero-order valence-electron chi connectivity index (χ0n) is 14.7. The zero-order valence-corrected chi connectivity index (χ0v) is 11.7. The van der Waals surface area contributed by atoms with Crippen molar-refractivity contribution in [2.24, 2.45) is 0 Å². The highest BCUT2D eigenvalue weighted by Gasteiger charge is 2.52. The third-order valence-electron chi connectivity index (χ3n) is 3.62. The van der Waals surface area contributed by atoms with Gasteiger partial charge in [0.15, 0.2) is 0 Å². The van der Waals surface area contributed by atoms with Crippen LogP contribution in [0.4, 0.5) is 0 Å². The molecule has 1 heterocycles. The molecule has 1 fully saturated rings. The molecule has 0 radical (unpaired) electrons. The molecule has 0 bridgehead atoms. The predicted octanol–water partition coefficient (Wildman–Crippen LogP) is 1.87. The second-order valence-electron chi connectivity index (χ2n) is 5.40. The molecule has 5 heteroatoms. The molecule has 4 nitrogen and oxygen atoms in total. The molecule has 1 aromatic carbocycles. The van der Waals surface area contributed by atoms with E-state index in [1.165, 1.54) is 7.11 Å². The second kappa shape index (κ2) is 4.55. The third-order valence-corrected chi connectivity index (χ3v) is 3.62. The van der Waals surface area contributed by atoms with Gasteiger partial charge in [0.1, 0.15) is 5.75 Å². The molecule has 1 saturated heterocycles. The molecule has 0 aromatic heterocycles. The van der Waals surface area contributed by atoms with Gasteiger partial charge in [-0.15, -0.1) is 0 Å². The first-order chi connectivity index (χ1) is 10.1. The molecular formula is C14H18BNO3. The van der Waals surface area contributed by atoms with Gasteiger partial charge in [-0.3, -0.25) is 0 Å². The van der Waals surface area contributed by atoms with E-state index in [0.29, 0.717) is 0 Å². The first-order valence-corrected chi connectivity index (χ1v) is 6.00. The van der Waals surface area contributed by atoms with E-state index in [2.05, 4.69) is 0 Å². The summed E-state index contributed by atoms with van der Waals surface area (Å²) in [5.41, 5.74) is -1.23. The van der Waals surface area contributed by atoms with Gasteiger partial charge in [0, 0.05) is 5.46 Å². The monoisotopic (exact) mass is 262 g/mol. The Labute approximate surface area is 118 Å². The van der Waals surface area contributed by atoms with Gasteiger partial charge in [-0.25, -0.2) is 0 Å². The van der Waals surface area contributed by atoms with Crippen molar-refractivity contribution in [1.29, 1.82) is 5.26 Å². The summed E-state index contributed by atoms with van der Waals surface area (Å²) < 4.78 is 40.8. The maximum atomic E-state index is 9.37. The molecule has 1 aliphatic heterocycles. The summed E-state index contributed by atoms with van der Waals surface area (Å²) in [7, 11) is 0.340. The van der Waals surface area contributed by atoms with Crippen LogP contribution in [0, 0.1) is 11.3 Å². The summed E-state index contributed by atoms with van der Waals surface area (Å²) in [6, 6.07) is 1.21. The topological polar surface area (TPSA) is 51.5 Å². The van der Waals surface area contributed by atoms with Crippen LogP contribution in [0.2, 0.25) is 0 Å². The molecule has 0 unspecified atom stereocenters. The fraction of sp³-hybridized carbons (Fsp3) is 0.500. The van der Waals surface area contributed by atoms with E-state index in [1.54, 1.807) is 0 Å². The van der Waals surface area contributed by atoms with Crippen molar-refractivity contribution >= 4 is 12.6 Å². The van der Waals surface area contributed by atoms with Gasteiger partial charge in [-0.2, -0.15) is 5.26 Å². The Morgan fingerprint density at radius 3 is 2.32 bits per heavy atom. The van der Waals surface area contributed by atoms with Gasteiger partial charge in [0.25, 0.3) is 0 Å². The minimum atomic E-state index is -0.966. The van der Waals surface area contributed by atoms with Crippen LogP contribution in [-0.4, -0.2) is 25.4 Å². The van der Waals surface area contributed by atoms with Gasteiger partial charge in [0.05, 0.1) is 34.1 Å². The van der Waals surface area contributed by atoms with Crippen LogP contribution < -0.4 is 10.2 Å². The van der Waals surface area contributed by atoms with Gasteiger partial charge in [0.2, 0.25) is 0 Å². The van der Waals surface area contributed by atoms with Gasteiger partial charge in [-0.05, 0) is 39.8 Å². The second-order valence-corrected chi connectivity index (χ2v) is 5.40. The summed E-state index contributed by atoms with van der Waals surface area (Å²) in [6.45, 7) is 7.43. The fourth-order valence-corrected chi connectivity index (χ4v) is 1.73. The molecule has 0 amide bonds. The van der Waals surface area contributed by atoms with Crippen LogP contribution in [0.25, 0.3) is 0 Å². The molecule has 0 atom stereocenters. The maximum Gasteiger partial charge on any atom is 0.496 e. The fourth-order valence-electron chi connectivity index (χ4n) is 1.73. The first-order valence-electron chi connectivity index (χ1n) is 7.50. The first kappa shape index (κ1) is 10.3. The van der Waals surface area contributed by atoms with Gasteiger partial charge >= 0.3 is 7.12 Å². The van der Waals surface area contributed by atoms with Crippen LogP contribution in [-0.2, 0) is 9.31 Å². The smallest absolute Gasteiger partial charge is 0.496 e. The SMILES string of the molecule is [2H]c1c([2H])c(B2OC(C)(C)C(C)(C)O2)c(C#N)c([2H])c1OC. The molecule has 100 valence electrons. The highest BCUT2D eigenvalue weighted by atomic mass is 16.7. The van der Waals surface area contributed by atoms with Crippen LogP contribution >= 0.6 is 0 Å². The Hall–Kier alpha value is -1.51. The molecule has 19 heavy (non-hydrogen) atoms. The quantitative estimate of drug-likeness (QED) is 0.763. The van der Waals surface area contributed by atoms with E-state index >= 15 is 0 Å². The van der Waals surface area contributed by atoms with E-state index in [1.807, 2.05) is 33.8 Å². The maximum absolute atomic E-state index is 9.37. The van der Waals surface area contributed by atoms with Crippen molar-refractivity contribution in [3.8, 4) is 11.8 Å². The Morgan fingerprint density at radius 2 is 1.84 bits per heavy atom. The van der Waals surface area contributed by atoms with Crippen molar-refractivity contribution in [1.82, 2.24) is 0 Å². The lowest BCUT2D eigenvalue weighted by Crippen LogP contribution is -2.41. The Morgan fingerprint density at radius 1 is 1.26 bits per heavy atom. The lowest BCUT2D eigenvalue weighted by Gasteiger charge is -2.32. The van der Waals surface area contributed by atoms with Crippen LogP contribution in [0.1, 0.15) is 37.4 Å². The molecule has 2 rings (SSSR count). The van der Waals surface area contributed by atoms with E-state index in [-0.39, 0.29) is 34.9 Å². The van der Waals surface area contributed by atoms with Crippen LogP contribution in [0.5, 0.6) is 5.75 Å². The number of methoxy groups -OCH3 is 1. The van der Waals surface area contributed by atoms with Crippen molar-refractivity contribution in [3.05, 3.63) is 23.7 Å². The Kier molecular flexibility index (Phi) is 2.47. The number of nitrogens with zero attached hydrogens (tertiary/aromatic N) is 1. The summed E-state index contributed by atoms with van der Waals surface area (Å²) in [6.07, 6.45) is 0. The molecule has 0 aliphatic carbocycles. The van der Waals surface area contributed by atoms with Crippen LogP contribution in [0.3, 0.4) is 0 Å². The van der Waals surface area contributed by atoms with E-state index in [9.17, 15) is 5.26 Å². The lowest BCUT2D eigenvalue weighted by atomic mass is 9.76. The average Bonchev–Trinajstić information content (AvgIpc) is 2.62. The van der Waals surface area contributed by atoms with Gasteiger partial charge < -0.3 is 14.0 Å². The number of ether oxygens (including phenoxy) is 1. The van der Waals surface area contributed by atoms with Crippen molar-refractivity contribution in [2.45, 2.75) is 38.9 Å². The minimum absolute atomic E-state index is 0.0589. The average molecular weight is 262 g/mol. The number of benzene rings is 1. The third kappa shape index (κ3) is 2.34. The molecular weight excluding hydrogens is 241 g/mol. The number of nitriles is 1. The summed E-state index contributed by atoms with van der Waals surface area (Å²) in [5, 5.41) is 9.37. The van der Waals surface area contributed by atoms with Crippen LogP contribution in [0.15, 0.2) is 18.1 Å². The number of hydrogen-bond donors (Lipinski definition) is 0. The van der Waals surface area contributed by atoms with E-state index < -0.39 is 18.3 Å². The van der Waals surface area contributed by atoms with Gasteiger partial charge in [-0.1, -0.05) is 6.04 Å². The molecule has 0 saturated carbocycles. The summed E-state index contributed by atoms with van der Waals surface area (Å²) in [5.74, 6) is -0.0955. The molecule has 0 spiro atoms. The standard InChI is InChI=1S/C14H18BNO3/c1-13(2)14(3,4)19-15(18-13)12-7-6-11(17-5)8-10(12)9-16/h6-8H,1-5H3/i6D,7D,8D. The largest absolute Gasteiger partial charge is 0.497 e. The number of rotatable bonds is 2. The normalized spacial score (nSPS) is 22.3. The van der Waals surface area contributed by atoms with Crippen molar-refractivity contribution in [2.75, 3.05) is 7.11 Å². The predicted molar refractivity (Wildman–Crippen MR) is 73.4 cm³/mol. The Balaban J connectivity index is 2.66. The number of hydrogen-bond acceptors (Lipinski definition) is 4. The highest BCUT2D eigenvalue weighted by molar-refractivity contribution is 6.62. The van der Waals surface area contributed by atoms with Crippen molar-refractivity contribution < 1.29 is 18.2 Å². The highest BCUT2D eigenvalue weighted by Crippen LogP contribution is 2.36. The minimum Gasteiger partial charge on any atom is -0.497 e. The zero-order chi connectivity index (χ0) is 16.9. The molecule has 0 N–H and O–H groups in total.